The van der Waals surface area contributed by atoms with Gasteiger partial charge >= 0.3 is 0 Å². The Morgan fingerprint density at radius 2 is 2.11 bits per heavy atom. The number of aromatic amines is 1. The van der Waals surface area contributed by atoms with E-state index in [4.69, 9.17) is 14.2 Å². The number of hydrogen-bond acceptors (Lipinski definition) is 5. The van der Waals surface area contributed by atoms with E-state index in [1.807, 2.05) is 0 Å². The molecule has 18 heavy (non-hydrogen) atoms. The number of aryl methyl sites for hydroxylation is 1. The zero-order chi connectivity index (χ0) is 12.5. The Kier molecular flexibility index (Phi) is 2.40. The second-order valence-electron chi connectivity index (χ2n) is 3.79. The minimum atomic E-state index is -0.252. The van der Waals surface area contributed by atoms with Gasteiger partial charge in [-0.25, -0.2) is 4.98 Å². The molecule has 1 aliphatic rings. The van der Waals surface area contributed by atoms with Crippen molar-refractivity contribution in [3.8, 4) is 23.1 Å². The summed E-state index contributed by atoms with van der Waals surface area (Å²) in [6, 6.07) is 6.46. The molecule has 0 fully saturated rings. The van der Waals surface area contributed by atoms with Gasteiger partial charge in [-0.05, 0) is 19.1 Å². The summed E-state index contributed by atoms with van der Waals surface area (Å²) in [7, 11) is 0. The van der Waals surface area contributed by atoms with Crippen molar-refractivity contribution < 1.29 is 14.2 Å². The molecule has 92 valence electrons. The fraction of sp³-hybridized carbons (Fsp3) is 0.167. The molecule has 0 saturated carbocycles. The summed E-state index contributed by atoms with van der Waals surface area (Å²) in [5.74, 6) is 2.58. The summed E-state index contributed by atoms with van der Waals surface area (Å²) < 4.78 is 15.9. The van der Waals surface area contributed by atoms with E-state index in [0.717, 1.165) is 0 Å². The maximum atomic E-state index is 11.3. The average Bonchev–Trinajstić information content (AvgIpc) is 2.74. The molecular formula is C12H10N2O4. The first-order chi connectivity index (χ1) is 8.70. The average molecular weight is 246 g/mol. The minimum Gasteiger partial charge on any atom is -0.454 e. The van der Waals surface area contributed by atoms with Gasteiger partial charge in [-0.2, -0.15) is 0 Å². The van der Waals surface area contributed by atoms with Crippen LogP contribution in [0.1, 0.15) is 5.82 Å². The van der Waals surface area contributed by atoms with E-state index >= 15 is 0 Å². The van der Waals surface area contributed by atoms with Gasteiger partial charge in [0.1, 0.15) is 11.6 Å². The quantitative estimate of drug-likeness (QED) is 0.871. The first kappa shape index (κ1) is 10.6. The Labute approximate surface area is 102 Å². The Balaban J connectivity index is 1.90. The third-order valence-electron chi connectivity index (χ3n) is 2.40. The number of benzene rings is 1. The van der Waals surface area contributed by atoms with Crippen molar-refractivity contribution >= 4 is 0 Å². The molecule has 6 heteroatoms. The first-order valence-corrected chi connectivity index (χ1v) is 5.36. The molecule has 6 nitrogen and oxygen atoms in total. The van der Waals surface area contributed by atoms with Crippen molar-refractivity contribution in [2.75, 3.05) is 6.79 Å². The Morgan fingerprint density at radius 3 is 2.94 bits per heavy atom. The highest BCUT2D eigenvalue weighted by atomic mass is 16.7. The lowest BCUT2D eigenvalue weighted by Gasteiger charge is -2.05. The van der Waals surface area contributed by atoms with Gasteiger partial charge in [0.05, 0.1) is 6.07 Å². The molecule has 0 saturated heterocycles. The van der Waals surface area contributed by atoms with Crippen LogP contribution in [0, 0.1) is 6.92 Å². The predicted molar refractivity (Wildman–Crippen MR) is 62.2 cm³/mol. The minimum absolute atomic E-state index is 0.209. The fourth-order valence-corrected chi connectivity index (χ4v) is 1.67. The van der Waals surface area contributed by atoms with Gasteiger partial charge in [0.2, 0.25) is 12.7 Å². The maximum Gasteiger partial charge on any atom is 0.254 e. The fourth-order valence-electron chi connectivity index (χ4n) is 1.67. The number of hydrogen-bond donors (Lipinski definition) is 1. The van der Waals surface area contributed by atoms with Crippen LogP contribution in [-0.2, 0) is 0 Å². The summed E-state index contributed by atoms with van der Waals surface area (Å²) in [5, 5.41) is 0. The Hall–Kier alpha value is -2.50. The van der Waals surface area contributed by atoms with Crippen LogP contribution in [0.3, 0.4) is 0 Å². The number of H-pyrrole nitrogens is 1. The van der Waals surface area contributed by atoms with Crippen LogP contribution >= 0.6 is 0 Å². The van der Waals surface area contributed by atoms with Crippen LogP contribution in [0.25, 0.3) is 0 Å². The predicted octanol–water partition coefficient (Wildman–Crippen LogP) is 1.60. The van der Waals surface area contributed by atoms with Crippen LogP contribution in [0.4, 0.5) is 0 Å². The van der Waals surface area contributed by atoms with Gasteiger partial charge in [-0.1, -0.05) is 0 Å². The van der Waals surface area contributed by atoms with E-state index in [0.29, 0.717) is 23.1 Å². The molecule has 2 aromatic rings. The third-order valence-corrected chi connectivity index (χ3v) is 2.40. The lowest BCUT2D eigenvalue weighted by molar-refractivity contribution is 0.174. The SMILES string of the molecule is Cc1nc(Oc2ccc3c(c2)OCO3)cc(=O)[nH]1. The highest BCUT2D eigenvalue weighted by Gasteiger charge is 2.14. The third kappa shape index (κ3) is 2.00. The van der Waals surface area contributed by atoms with Crippen molar-refractivity contribution in [2.45, 2.75) is 6.92 Å². The van der Waals surface area contributed by atoms with Gasteiger partial charge in [0.15, 0.2) is 11.5 Å². The van der Waals surface area contributed by atoms with E-state index in [9.17, 15) is 4.79 Å². The molecule has 3 rings (SSSR count). The highest BCUT2D eigenvalue weighted by Crippen LogP contribution is 2.36. The van der Waals surface area contributed by atoms with E-state index in [1.54, 1.807) is 25.1 Å². The number of fused-ring (bicyclic) bond motifs is 1. The molecule has 0 bridgehead atoms. The van der Waals surface area contributed by atoms with Gasteiger partial charge in [0, 0.05) is 6.07 Å². The summed E-state index contributed by atoms with van der Waals surface area (Å²) in [5.41, 5.74) is -0.252. The number of nitrogens with zero attached hydrogens (tertiary/aromatic N) is 1. The lowest BCUT2D eigenvalue weighted by atomic mass is 10.3. The molecule has 0 radical (unpaired) electrons. The van der Waals surface area contributed by atoms with Gasteiger partial charge in [0.25, 0.3) is 5.56 Å². The molecule has 1 aliphatic heterocycles. The van der Waals surface area contributed by atoms with Crippen LogP contribution in [0.2, 0.25) is 0 Å². The molecule has 0 amide bonds. The molecule has 1 aromatic heterocycles. The van der Waals surface area contributed by atoms with E-state index in [-0.39, 0.29) is 18.2 Å². The van der Waals surface area contributed by atoms with Crippen molar-refractivity contribution in [3.05, 3.63) is 40.4 Å². The van der Waals surface area contributed by atoms with E-state index < -0.39 is 0 Å². The van der Waals surface area contributed by atoms with Crippen LogP contribution < -0.4 is 19.8 Å². The number of nitrogens with one attached hydrogen (secondary N) is 1. The van der Waals surface area contributed by atoms with Crippen LogP contribution in [-0.4, -0.2) is 16.8 Å². The number of rotatable bonds is 2. The smallest absolute Gasteiger partial charge is 0.254 e. The zero-order valence-electron chi connectivity index (χ0n) is 9.60. The zero-order valence-corrected chi connectivity index (χ0v) is 9.60. The summed E-state index contributed by atoms with van der Waals surface area (Å²) >= 11 is 0. The van der Waals surface area contributed by atoms with Crippen molar-refractivity contribution in [2.24, 2.45) is 0 Å². The normalized spacial score (nSPS) is 12.5. The first-order valence-electron chi connectivity index (χ1n) is 5.36. The van der Waals surface area contributed by atoms with E-state index in [1.165, 1.54) is 6.07 Å². The molecule has 2 heterocycles. The Bertz CT molecular complexity index is 651. The van der Waals surface area contributed by atoms with Crippen molar-refractivity contribution in [3.63, 3.8) is 0 Å². The van der Waals surface area contributed by atoms with Gasteiger partial charge in [-0.3, -0.25) is 4.79 Å². The summed E-state index contributed by atoms with van der Waals surface area (Å²) in [4.78, 5) is 17.9. The maximum absolute atomic E-state index is 11.3. The molecule has 1 N–H and O–H groups in total. The molecule has 0 unspecified atom stereocenters. The summed E-state index contributed by atoms with van der Waals surface area (Å²) in [6.45, 7) is 1.90. The van der Waals surface area contributed by atoms with Crippen LogP contribution in [0.15, 0.2) is 29.1 Å². The highest BCUT2D eigenvalue weighted by molar-refractivity contribution is 5.47. The standard InChI is InChI=1S/C12H10N2O4/c1-7-13-11(15)5-12(14-7)18-8-2-3-9-10(4-8)17-6-16-9/h2-5H,6H2,1H3,(H,13,14,15). The molecular weight excluding hydrogens is 236 g/mol. The van der Waals surface area contributed by atoms with Crippen molar-refractivity contribution in [1.82, 2.24) is 9.97 Å². The van der Waals surface area contributed by atoms with Gasteiger partial charge in [-0.15, -0.1) is 0 Å². The Morgan fingerprint density at radius 1 is 1.28 bits per heavy atom. The second kappa shape index (κ2) is 4.06. The monoisotopic (exact) mass is 246 g/mol. The molecule has 0 aliphatic carbocycles. The summed E-state index contributed by atoms with van der Waals surface area (Å²) in [6.07, 6.45) is 0. The molecule has 0 spiro atoms. The number of aromatic nitrogens is 2. The second-order valence-corrected chi connectivity index (χ2v) is 3.79. The van der Waals surface area contributed by atoms with E-state index in [2.05, 4.69) is 9.97 Å². The number of ether oxygens (including phenoxy) is 3. The van der Waals surface area contributed by atoms with Gasteiger partial charge < -0.3 is 19.2 Å². The molecule has 0 atom stereocenters. The van der Waals surface area contributed by atoms with Crippen molar-refractivity contribution in [1.29, 1.82) is 0 Å². The largest absolute Gasteiger partial charge is 0.454 e. The van der Waals surface area contributed by atoms with Crippen LogP contribution in [0.5, 0.6) is 23.1 Å². The topological polar surface area (TPSA) is 73.4 Å². The lowest BCUT2D eigenvalue weighted by Crippen LogP contribution is -2.08. The molecule has 1 aromatic carbocycles.